The Bertz CT molecular complexity index is 3130. The number of rotatable bonds is 6. The van der Waals surface area contributed by atoms with Crippen LogP contribution in [0, 0.1) is 0 Å². The molecule has 2 heterocycles. The number of benzene rings is 8. The second-order valence-electron chi connectivity index (χ2n) is 15.1. The molecule has 0 bridgehead atoms. The van der Waals surface area contributed by atoms with Gasteiger partial charge in [0.25, 0.3) is 0 Å². The third-order valence-corrected chi connectivity index (χ3v) is 12.9. The molecule has 0 radical (unpaired) electrons. The summed E-state index contributed by atoms with van der Waals surface area (Å²) in [7, 11) is 0. The lowest BCUT2D eigenvalue weighted by atomic mass is 9.74. The number of thiophene rings is 1. The van der Waals surface area contributed by atoms with E-state index in [9.17, 15) is 0 Å². The lowest BCUT2D eigenvalue weighted by Crippen LogP contribution is -2.22. The van der Waals surface area contributed by atoms with Crippen molar-refractivity contribution in [3.05, 3.63) is 217 Å². The molecule has 1 aliphatic carbocycles. The van der Waals surface area contributed by atoms with E-state index in [4.69, 9.17) is 9.97 Å². The molecule has 2 aromatic heterocycles. The first-order valence-electron chi connectivity index (χ1n) is 19.5. The van der Waals surface area contributed by atoms with E-state index in [2.05, 4.69) is 201 Å². The molecule has 8 aromatic carbocycles. The van der Waals surface area contributed by atoms with E-state index in [1.807, 2.05) is 17.4 Å². The molecule has 0 saturated carbocycles. The predicted molar refractivity (Wildman–Crippen MR) is 240 cm³/mol. The molecule has 0 aliphatic heterocycles. The highest BCUT2D eigenvalue weighted by atomic mass is 32.1. The van der Waals surface area contributed by atoms with E-state index >= 15 is 0 Å². The van der Waals surface area contributed by atoms with Gasteiger partial charge in [-0.15, -0.1) is 11.3 Å². The van der Waals surface area contributed by atoms with Crippen molar-refractivity contribution in [3.63, 3.8) is 0 Å². The Balaban J connectivity index is 1.14. The number of nitrogens with zero attached hydrogens (tertiary/aromatic N) is 2. The zero-order chi connectivity index (χ0) is 37.9. The molecule has 1 aliphatic rings. The SMILES string of the molecule is CC1(c2ccccc2)c2ccccc2-c2c(-c3cc(-c4cc(-c5ccccc5)cc(-c5ccc6c(c5)sc5ccccc56)c4)nc(-c4ccccc4)n3)cccc21. The van der Waals surface area contributed by atoms with Gasteiger partial charge in [0.1, 0.15) is 0 Å². The van der Waals surface area contributed by atoms with Gasteiger partial charge < -0.3 is 0 Å². The van der Waals surface area contributed by atoms with Crippen LogP contribution in [0.1, 0.15) is 23.6 Å². The summed E-state index contributed by atoms with van der Waals surface area (Å²) in [4.78, 5) is 10.7. The van der Waals surface area contributed by atoms with Crippen LogP contribution in [0.2, 0.25) is 0 Å². The van der Waals surface area contributed by atoms with Crippen molar-refractivity contribution >= 4 is 31.5 Å². The molecule has 0 N–H and O–H groups in total. The summed E-state index contributed by atoms with van der Waals surface area (Å²) in [5, 5.41) is 2.61. The quantitative estimate of drug-likeness (QED) is 0.169. The van der Waals surface area contributed by atoms with Crippen molar-refractivity contribution in [1.29, 1.82) is 0 Å². The predicted octanol–water partition coefficient (Wildman–Crippen LogP) is 14.5. The van der Waals surface area contributed by atoms with Gasteiger partial charge in [-0.25, -0.2) is 9.97 Å². The van der Waals surface area contributed by atoms with Crippen molar-refractivity contribution in [2.45, 2.75) is 12.3 Å². The van der Waals surface area contributed by atoms with Crippen LogP contribution in [0.5, 0.6) is 0 Å². The van der Waals surface area contributed by atoms with Crippen LogP contribution < -0.4 is 0 Å². The largest absolute Gasteiger partial charge is 0.228 e. The van der Waals surface area contributed by atoms with Gasteiger partial charge in [-0.1, -0.05) is 164 Å². The monoisotopic (exact) mass is 744 g/mol. The van der Waals surface area contributed by atoms with E-state index in [0.29, 0.717) is 5.82 Å². The van der Waals surface area contributed by atoms with E-state index < -0.39 is 0 Å². The normalized spacial score (nSPS) is 14.5. The maximum absolute atomic E-state index is 5.38. The molecule has 0 amide bonds. The molecule has 2 nitrogen and oxygen atoms in total. The number of hydrogen-bond donors (Lipinski definition) is 0. The summed E-state index contributed by atoms with van der Waals surface area (Å²) >= 11 is 1.85. The fraction of sp³-hybridized carbons (Fsp3) is 0.0370. The number of fused-ring (bicyclic) bond motifs is 6. The molecular formula is C54H36N2S. The van der Waals surface area contributed by atoms with Crippen LogP contribution in [-0.2, 0) is 5.41 Å². The Morgan fingerprint density at radius 1 is 0.386 bits per heavy atom. The third kappa shape index (κ3) is 5.54. The van der Waals surface area contributed by atoms with Crippen LogP contribution in [0.15, 0.2) is 200 Å². The second-order valence-corrected chi connectivity index (χ2v) is 16.2. The fourth-order valence-electron chi connectivity index (χ4n) is 8.93. The fourth-order valence-corrected chi connectivity index (χ4v) is 10.1. The Labute approximate surface area is 336 Å². The van der Waals surface area contributed by atoms with Gasteiger partial charge in [-0.2, -0.15) is 0 Å². The Morgan fingerprint density at radius 2 is 0.982 bits per heavy atom. The van der Waals surface area contributed by atoms with E-state index in [0.717, 1.165) is 39.2 Å². The van der Waals surface area contributed by atoms with Crippen molar-refractivity contribution < 1.29 is 0 Å². The minimum absolute atomic E-state index is 0.310. The van der Waals surface area contributed by atoms with Gasteiger partial charge in [-0.3, -0.25) is 0 Å². The average molecular weight is 745 g/mol. The summed E-state index contributed by atoms with van der Waals surface area (Å²) in [6.07, 6.45) is 0. The molecule has 10 aromatic rings. The molecule has 3 heteroatoms. The first kappa shape index (κ1) is 33.4. The van der Waals surface area contributed by atoms with Crippen LogP contribution >= 0.6 is 11.3 Å². The molecule has 0 spiro atoms. The van der Waals surface area contributed by atoms with Crippen LogP contribution in [0.4, 0.5) is 0 Å². The van der Waals surface area contributed by atoms with E-state index in [1.54, 1.807) is 0 Å². The molecular weight excluding hydrogens is 709 g/mol. The summed E-state index contributed by atoms with van der Waals surface area (Å²) < 4.78 is 2.60. The molecule has 1 atom stereocenters. The van der Waals surface area contributed by atoms with Crippen molar-refractivity contribution in [2.75, 3.05) is 0 Å². The summed E-state index contributed by atoms with van der Waals surface area (Å²) in [5.74, 6) is 0.705. The first-order chi connectivity index (χ1) is 28.1. The minimum Gasteiger partial charge on any atom is -0.228 e. The van der Waals surface area contributed by atoms with E-state index in [-0.39, 0.29) is 5.41 Å². The number of hydrogen-bond acceptors (Lipinski definition) is 3. The highest BCUT2D eigenvalue weighted by Gasteiger charge is 2.41. The lowest BCUT2D eigenvalue weighted by Gasteiger charge is -2.28. The standard InChI is InChI=1S/C54H36N2S/c1-54(41-20-9-4-10-21-41)46-25-13-11-23-44(46)52-45(24-15-26-47(52)54)49-34-48(55-53(56-49)36-18-7-3-8-19-36)40-31-38(35-16-5-2-6-17-35)30-39(32-40)37-28-29-43-42-22-12-14-27-50(42)57-51(43)33-37/h2-34H,1H3. The summed E-state index contributed by atoms with van der Waals surface area (Å²) in [6.45, 7) is 2.37. The molecule has 0 fully saturated rings. The third-order valence-electron chi connectivity index (χ3n) is 11.8. The molecule has 1 unspecified atom stereocenters. The molecule has 268 valence electrons. The lowest BCUT2D eigenvalue weighted by molar-refractivity contribution is 0.714. The van der Waals surface area contributed by atoms with Crippen molar-refractivity contribution in [2.24, 2.45) is 0 Å². The zero-order valence-electron chi connectivity index (χ0n) is 31.4. The van der Waals surface area contributed by atoms with Crippen LogP contribution in [0.3, 0.4) is 0 Å². The molecule has 0 saturated heterocycles. The Kier molecular flexibility index (Phi) is 7.84. The number of aromatic nitrogens is 2. The molecule has 57 heavy (non-hydrogen) atoms. The van der Waals surface area contributed by atoms with E-state index in [1.165, 1.54) is 59.1 Å². The summed E-state index contributed by atoms with van der Waals surface area (Å²) in [5.41, 5.74) is 15.6. The highest BCUT2D eigenvalue weighted by Crippen LogP contribution is 2.55. The van der Waals surface area contributed by atoms with Gasteiger partial charge in [0.15, 0.2) is 5.82 Å². The second kappa shape index (κ2) is 13.4. The smallest absolute Gasteiger partial charge is 0.160 e. The molecule has 11 rings (SSSR count). The van der Waals surface area contributed by atoms with Crippen LogP contribution in [-0.4, -0.2) is 9.97 Å². The maximum Gasteiger partial charge on any atom is 0.160 e. The maximum atomic E-state index is 5.38. The van der Waals surface area contributed by atoms with Gasteiger partial charge in [0.05, 0.1) is 11.4 Å². The van der Waals surface area contributed by atoms with Gasteiger partial charge in [-0.05, 0) is 93.4 Å². The van der Waals surface area contributed by atoms with Crippen LogP contribution in [0.25, 0.3) is 87.5 Å². The minimum atomic E-state index is -0.310. The Hall–Kier alpha value is -6.94. The average Bonchev–Trinajstić information content (AvgIpc) is 3.80. The van der Waals surface area contributed by atoms with Crippen molar-refractivity contribution in [1.82, 2.24) is 9.97 Å². The Morgan fingerprint density at radius 3 is 1.79 bits per heavy atom. The topological polar surface area (TPSA) is 25.8 Å². The summed E-state index contributed by atoms with van der Waals surface area (Å²) in [6, 6.07) is 72.3. The highest BCUT2D eigenvalue weighted by molar-refractivity contribution is 7.25. The van der Waals surface area contributed by atoms with Gasteiger partial charge in [0, 0.05) is 42.3 Å². The van der Waals surface area contributed by atoms with Crippen molar-refractivity contribution in [3.8, 4) is 67.3 Å². The van der Waals surface area contributed by atoms with Gasteiger partial charge in [0.2, 0.25) is 0 Å². The van der Waals surface area contributed by atoms with Gasteiger partial charge >= 0.3 is 0 Å². The first-order valence-corrected chi connectivity index (χ1v) is 20.3. The zero-order valence-corrected chi connectivity index (χ0v) is 32.2.